The van der Waals surface area contributed by atoms with Crippen LogP contribution in [0.5, 0.6) is 5.75 Å². The van der Waals surface area contributed by atoms with Crippen molar-refractivity contribution in [2.45, 2.75) is 25.3 Å². The van der Waals surface area contributed by atoms with Crippen molar-refractivity contribution in [3.63, 3.8) is 0 Å². The fourth-order valence-electron chi connectivity index (χ4n) is 2.43. The fraction of sp³-hybridized carbons (Fsp3) is 0.316. The molecule has 0 aliphatic carbocycles. The highest BCUT2D eigenvalue weighted by Gasteiger charge is 2.17. The molecule has 0 atom stereocenters. The molecule has 0 aliphatic rings. The van der Waals surface area contributed by atoms with Crippen LogP contribution in [0.3, 0.4) is 0 Å². The molecule has 0 aromatic heterocycles. The van der Waals surface area contributed by atoms with Crippen LogP contribution in [0.1, 0.15) is 19.4 Å². The van der Waals surface area contributed by atoms with Crippen LogP contribution in [0.25, 0.3) is 0 Å². The van der Waals surface area contributed by atoms with Crippen LogP contribution in [-0.2, 0) is 21.4 Å². The van der Waals surface area contributed by atoms with Crippen LogP contribution in [0.2, 0.25) is 5.02 Å². The van der Waals surface area contributed by atoms with E-state index in [-0.39, 0.29) is 34.7 Å². The van der Waals surface area contributed by atoms with E-state index in [1.807, 2.05) is 44.2 Å². The summed E-state index contributed by atoms with van der Waals surface area (Å²) in [6.07, 6.45) is 0. The van der Waals surface area contributed by atoms with Crippen molar-refractivity contribution in [1.82, 2.24) is 9.62 Å². The smallest absolute Gasteiger partial charge is 0.260 e. The lowest BCUT2D eigenvalue weighted by Gasteiger charge is -2.19. The number of sulfonamides is 1. The lowest BCUT2D eigenvalue weighted by molar-refractivity contribution is -0.132. The van der Waals surface area contributed by atoms with E-state index in [2.05, 4.69) is 4.72 Å². The van der Waals surface area contributed by atoms with Crippen LogP contribution < -0.4 is 9.46 Å². The zero-order chi connectivity index (χ0) is 19.9. The SMILES string of the molecule is CCN(CC)C(=O)COc1ccc(S(=O)(=O)NCc2ccccc2)cc1Cl. The highest BCUT2D eigenvalue weighted by atomic mass is 35.5. The molecule has 1 N–H and O–H groups in total. The molecule has 6 nitrogen and oxygen atoms in total. The Kier molecular flexibility index (Phi) is 7.65. The Balaban J connectivity index is 2.03. The third-order valence-electron chi connectivity index (χ3n) is 3.99. The van der Waals surface area contributed by atoms with Gasteiger partial charge in [-0.15, -0.1) is 0 Å². The van der Waals surface area contributed by atoms with E-state index in [9.17, 15) is 13.2 Å². The van der Waals surface area contributed by atoms with E-state index < -0.39 is 10.0 Å². The molecular weight excluding hydrogens is 388 g/mol. The van der Waals surface area contributed by atoms with Gasteiger partial charge in [-0.3, -0.25) is 4.79 Å². The monoisotopic (exact) mass is 410 g/mol. The van der Waals surface area contributed by atoms with Gasteiger partial charge in [-0.1, -0.05) is 41.9 Å². The van der Waals surface area contributed by atoms with Crippen molar-refractivity contribution in [2.75, 3.05) is 19.7 Å². The van der Waals surface area contributed by atoms with Gasteiger partial charge in [0.25, 0.3) is 5.91 Å². The second-order valence-electron chi connectivity index (χ2n) is 5.76. The molecular formula is C19H23ClN2O4S. The quantitative estimate of drug-likeness (QED) is 0.689. The number of nitrogens with zero attached hydrogens (tertiary/aromatic N) is 1. The Morgan fingerprint density at radius 1 is 1.11 bits per heavy atom. The predicted molar refractivity (Wildman–Crippen MR) is 105 cm³/mol. The zero-order valence-electron chi connectivity index (χ0n) is 15.3. The molecule has 0 fully saturated rings. The molecule has 8 heteroatoms. The number of halogens is 1. The number of nitrogens with one attached hydrogen (secondary N) is 1. The average Bonchev–Trinajstić information content (AvgIpc) is 2.67. The molecule has 1 amide bonds. The summed E-state index contributed by atoms with van der Waals surface area (Å²) in [5, 5.41) is 0.130. The molecule has 0 unspecified atom stereocenters. The average molecular weight is 411 g/mol. The van der Waals surface area contributed by atoms with Crippen LogP contribution in [-0.4, -0.2) is 38.9 Å². The standard InChI is InChI=1S/C19H23ClN2O4S/c1-3-22(4-2)19(23)14-26-18-11-10-16(12-17(18)20)27(24,25)21-13-15-8-6-5-7-9-15/h5-12,21H,3-4,13-14H2,1-2H3. The van der Waals surface area contributed by atoms with Crippen molar-refractivity contribution in [2.24, 2.45) is 0 Å². The summed E-state index contributed by atoms with van der Waals surface area (Å²) in [5.74, 6) is 0.108. The van der Waals surface area contributed by atoms with E-state index in [4.69, 9.17) is 16.3 Å². The zero-order valence-corrected chi connectivity index (χ0v) is 16.9. The van der Waals surface area contributed by atoms with Gasteiger partial charge in [0.2, 0.25) is 10.0 Å². The van der Waals surface area contributed by atoms with Crippen molar-refractivity contribution < 1.29 is 17.9 Å². The van der Waals surface area contributed by atoms with Gasteiger partial charge in [0.15, 0.2) is 6.61 Å². The number of amides is 1. The van der Waals surface area contributed by atoms with Gasteiger partial charge in [0.05, 0.1) is 9.92 Å². The Morgan fingerprint density at radius 2 is 1.78 bits per heavy atom. The minimum atomic E-state index is -3.72. The Bertz CT molecular complexity index is 869. The minimum Gasteiger partial charge on any atom is -0.482 e. The van der Waals surface area contributed by atoms with Gasteiger partial charge in [-0.25, -0.2) is 13.1 Å². The normalized spacial score (nSPS) is 11.2. The van der Waals surface area contributed by atoms with Crippen molar-refractivity contribution in [3.05, 3.63) is 59.1 Å². The molecule has 0 heterocycles. The summed E-state index contributed by atoms with van der Waals surface area (Å²) in [6.45, 7) is 4.98. The van der Waals surface area contributed by atoms with Gasteiger partial charge in [-0.05, 0) is 37.6 Å². The third kappa shape index (κ3) is 5.95. The van der Waals surface area contributed by atoms with E-state index in [0.29, 0.717) is 13.1 Å². The number of rotatable bonds is 9. The van der Waals surface area contributed by atoms with Gasteiger partial charge < -0.3 is 9.64 Å². The molecule has 2 aromatic rings. The maximum atomic E-state index is 12.4. The summed E-state index contributed by atoms with van der Waals surface area (Å²) >= 11 is 6.14. The first kappa shape index (κ1) is 21.2. The molecule has 0 bridgehead atoms. The number of carbonyl (C=O) groups excluding carboxylic acids is 1. The van der Waals surface area contributed by atoms with Crippen molar-refractivity contribution in [3.8, 4) is 5.75 Å². The van der Waals surface area contributed by atoms with Gasteiger partial charge in [-0.2, -0.15) is 0 Å². The van der Waals surface area contributed by atoms with Crippen LogP contribution in [0.15, 0.2) is 53.4 Å². The number of benzene rings is 2. The molecule has 27 heavy (non-hydrogen) atoms. The van der Waals surface area contributed by atoms with Crippen LogP contribution in [0, 0.1) is 0 Å². The number of ether oxygens (including phenoxy) is 1. The lowest BCUT2D eigenvalue weighted by atomic mass is 10.2. The Morgan fingerprint density at radius 3 is 2.37 bits per heavy atom. The first-order chi connectivity index (χ1) is 12.9. The maximum absolute atomic E-state index is 12.4. The highest BCUT2D eigenvalue weighted by Crippen LogP contribution is 2.27. The van der Waals surface area contributed by atoms with E-state index in [1.165, 1.54) is 18.2 Å². The molecule has 0 radical (unpaired) electrons. The summed E-state index contributed by atoms with van der Waals surface area (Å²) in [4.78, 5) is 13.7. The number of hydrogen-bond acceptors (Lipinski definition) is 4. The first-order valence-corrected chi connectivity index (χ1v) is 10.5. The van der Waals surface area contributed by atoms with E-state index in [1.54, 1.807) is 4.90 Å². The fourth-order valence-corrected chi connectivity index (χ4v) is 3.77. The Labute approximate surface area is 165 Å². The van der Waals surface area contributed by atoms with E-state index in [0.717, 1.165) is 5.56 Å². The van der Waals surface area contributed by atoms with Crippen LogP contribution in [0.4, 0.5) is 0 Å². The van der Waals surface area contributed by atoms with Gasteiger partial charge in [0, 0.05) is 19.6 Å². The maximum Gasteiger partial charge on any atom is 0.260 e. The number of hydrogen-bond donors (Lipinski definition) is 1. The largest absolute Gasteiger partial charge is 0.482 e. The highest BCUT2D eigenvalue weighted by molar-refractivity contribution is 7.89. The van der Waals surface area contributed by atoms with Gasteiger partial charge in [0.1, 0.15) is 5.75 Å². The third-order valence-corrected chi connectivity index (χ3v) is 5.68. The van der Waals surface area contributed by atoms with Crippen molar-refractivity contribution in [1.29, 1.82) is 0 Å². The predicted octanol–water partition coefficient (Wildman–Crippen LogP) is 3.07. The topological polar surface area (TPSA) is 75.7 Å². The number of likely N-dealkylation sites (N-methyl/N-ethyl adjacent to an activating group) is 1. The van der Waals surface area contributed by atoms with Crippen molar-refractivity contribution >= 4 is 27.5 Å². The second kappa shape index (κ2) is 9.73. The first-order valence-electron chi connectivity index (χ1n) is 8.61. The lowest BCUT2D eigenvalue weighted by Crippen LogP contribution is -2.34. The molecule has 0 spiro atoms. The summed E-state index contributed by atoms with van der Waals surface area (Å²) < 4.78 is 32.8. The van der Waals surface area contributed by atoms with E-state index >= 15 is 0 Å². The minimum absolute atomic E-state index is 0.0332. The van der Waals surface area contributed by atoms with Gasteiger partial charge >= 0.3 is 0 Å². The van der Waals surface area contributed by atoms with Crippen LogP contribution >= 0.6 is 11.6 Å². The molecule has 0 aliphatic heterocycles. The molecule has 146 valence electrons. The second-order valence-corrected chi connectivity index (χ2v) is 7.93. The summed E-state index contributed by atoms with van der Waals surface area (Å²) in [5.41, 5.74) is 0.849. The Hall–Kier alpha value is -2.09. The molecule has 2 aromatic carbocycles. The molecule has 2 rings (SSSR count). The summed E-state index contributed by atoms with van der Waals surface area (Å²) in [6, 6.07) is 13.4. The summed E-state index contributed by atoms with van der Waals surface area (Å²) in [7, 11) is -3.72. The molecule has 0 saturated carbocycles. The molecule has 0 saturated heterocycles. The number of carbonyl (C=O) groups is 1.